The first-order valence-electron chi connectivity index (χ1n) is 5.72. The van der Waals surface area contributed by atoms with Crippen molar-refractivity contribution in [2.45, 2.75) is 12.8 Å². The highest BCUT2D eigenvalue weighted by molar-refractivity contribution is 5.94. The third-order valence-electron chi connectivity index (χ3n) is 3.07. The molecule has 1 aliphatic rings. The summed E-state index contributed by atoms with van der Waals surface area (Å²) in [5.41, 5.74) is 0.0542. The summed E-state index contributed by atoms with van der Waals surface area (Å²) >= 11 is 0. The van der Waals surface area contributed by atoms with Crippen molar-refractivity contribution in [1.29, 1.82) is 0 Å². The Morgan fingerprint density at radius 2 is 2.47 bits per heavy atom. The Bertz CT molecular complexity index is 411. The van der Waals surface area contributed by atoms with Crippen molar-refractivity contribution in [1.82, 2.24) is 9.88 Å². The number of halogens is 1. The predicted molar refractivity (Wildman–Crippen MR) is 59.9 cm³/mol. The van der Waals surface area contributed by atoms with E-state index in [0.29, 0.717) is 13.1 Å². The van der Waals surface area contributed by atoms with E-state index >= 15 is 0 Å². The quantitative estimate of drug-likeness (QED) is 0.838. The number of amides is 1. The number of piperidine rings is 1. The van der Waals surface area contributed by atoms with Crippen LogP contribution in [0.4, 0.5) is 4.39 Å². The maximum absolute atomic E-state index is 13.4. The van der Waals surface area contributed by atoms with Gasteiger partial charge in [0.25, 0.3) is 5.91 Å². The fourth-order valence-electron chi connectivity index (χ4n) is 2.12. The molecule has 1 atom stereocenters. The van der Waals surface area contributed by atoms with Gasteiger partial charge in [0.1, 0.15) is 0 Å². The molecule has 1 unspecified atom stereocenters. The molecule has 0 aliphatic carbocycles. The highest BCUT2D eigenvalue weighted by atomic mass is 19.1. The largest absolute Gasteiger partial charge is 0.396 e. The molecule has 0 bridgehead atoms. The van der Waals surface area contributed by atoms with E-state index in [4.69, 9.17) is 5.11 Å². The molecule has 2 rings (SSSR count). The van der Waals surface area contributed by atoms with Crippen molar-refractivity contribution >= 4 is 5.91 Å². The van der Waals surface area contributed by atoms with Gasteiger partial charge in [0.2, 0.25) is 0 Å². The monoisotopic (exact) mass is 238 g/mol. The lowest BCUT2D eigenvalue weighted by Crippen LogP contribution is -2.41. The molecule has 0 saturated carbocycles. The summed E-state index contributed by atoms with van der Waals surface area (Å²) in [5.74, 6) is -0.802. The van der Waals surface area contributed by atoms with Crippen LogP contribution in [0.3, 0.4) is 0 Å². The molecule has 2 heterocycles. The van der Waals surface area contributed by atoms with Gasteiger partial charge in [-0.1, -0.05) is 0 Å². The number of rotatable bonds is 2. The fourth-order valence-corrected chi connectivity index (χ4v) is 2.12. The summed E-state index contributed by atoms with van der Waals surface area (Å²) in [4.78, 5) is 17.3. The van der Waals surface area contributed by atoms with Crippen molar-refractivity contribution < 1.29 is 14.3 Å². The number of likely N-dealkylation sites (tertiary alicyclic amines) is 1. The maximum Gasteiger partial charge on any atom is 0.256 e. The van der Waals surface area contributed by atoms with Crippen molar-refractivity contribution in [3.05, 3.63) is 29.8 Å². The average Bonchev–Trinajstić information content (AvgIpc) is 2.38. The Morgan fingerprint density at radius 1 is 1.65 bits per heavy atom. The third kappa shape index (κ3) is 2.61. The molecule has 17 heavy (non-hydrogen) atoms. The van der Waals surface area contributed by atoms with Crippen LogP contribution < -0.4 is 0 Å². The minimum Gasteiger partial charge on any atom is -0.396 e. The van der Waals surface area contributed by atoms with E-state index in [1.807, 2.05) is 0 Å². The first kappa shape index (κ1) is 12.0. The van der Waals surface area contributed by atoms with Crippen LogP contribution in [0, 0.1) is 11.7 Å². The molecule has 0 spiro atoms. The Kier molecular flexibility index (Phi) is 3.68. The molecule has 4 nitrogen and oxygen atoms in total. The van der Waals surface area contributed by atoms with Crippen LogP contribution in [-0.4, -0.2) is 40.6 Å². The Hall–Kier alpha value is -1.49. The number of hydrogen-bond donors (Lipinski definition) is 1. The van der Waals surface area contributed by atoms with Gasteiger partial charge in [-0.25, -0.2) is 4.39 Å². The van der Waals surface area contributed by atoms with E-state index in [9.17, 15) is 9.18 Å². The van der Waals surface area contributed by atoms with Gasteiger partial charge in [-0.3, -0.25) is 9.78 Å². The summed E-state index contributed by atoms with van der Waals surface area (Å²) < 4.78 is 13.4. The number of aliphatic hydroxyl groups excluding tert-OH is 1. The van der Waals surface area contributed by atoms with Gasteiger partial charge in [0.15, 0.2) is 5.82 Å². The molecule has 1 N–H and O–H groups in total. The lowest BCUT2D eigenvalue weighted by molar-refractivity contribution is 0.0616. The lowest BCUT2D eigenvalue weighted by Gasteiger charge is -2.31. The van der Waals surface area contributed by atoms with Gasteiger partial charge in [0.05, 0.1) is 11.8 Å². The number of carbonyl (C=O) groups is 1. The first-order chi connectivity index (χ1) is 8.22. The highest BCUT2D eigenvalue weighted by Gasteiger charge is 2.25. The zero-order valence-electron chi connectivity index (χ0n) is 9.47. The summed E-state index contributed by atoms with van der Waals surface area (Å²) in [6.45, 7) is 1.19. The predicted octanol–water partition coefficient (Wildman–Crippen LogP) is 1.07. The standard InChI is InChI=1S/C12H15FN2O2/c13-11-6-14-4-3-10(11)12(17)15-5-1-2-9(7-15)8-16/h3-4,6,9,16H,1-2,5,7-8H2. The van der Waals surface area contributed by atoms with Crippen LogP contribution in [-0.2, 0) is 0 Å². The van der Waals surface area contributed by atoms with Crippen molar-refractivity contribution in [2.75, 3.05) is 19.7 Å². The highest BCUT2D eigenvalue weighted by Crippen LogP contribution is 2.18. The smallest absolute Gasteiger partial charge is 0.256 e. The van der Waals surface area contributed by atoms with E-state index < -0.39 is 5.82 Å². The van der Waals surface area contributed by atoms with Crippen molar-refractivity contribution in [2.24, 2.45) is 5.92 Å². The molecule has 1 fully saturated rings. The van der Waals surface area contributed by atoms with E-state index in [2.05, 4.69) is 4.98 Å². The number of pyridine rings is 1. The Labute approximate surface area is 99.1 Å². The van der Waals surface area contributed by atoms with Gasteiger partial charge in [-0.15, -0.1) is 0 Å². The Balaban J connectivity index is 2.12. The zero-order valence-corrected chi connectivity index (χ0v) is 9.47. The second-order valence-corrected chi connectivity index (χ2v) is 4.30. The Morgan fingerprint density at radius 3 is 3.18 bits per heavy atom. The van der Waals surface area contributed by atoms with Gasteiger partial charge >= 0.3 is 0 Å². The molecule has 92 valence electrons. The van der Waals surface area contributed by atoms with Gasteiger partial charge in [-0.2, -0.15) is 0 Å². The van der Waals surface area contributed by atoms with Crippen LogP contribution >= 0.6 is 0 Å². The normalized spacial score (nSPS) is 20.4. The third-order valence-corrected chi connectivity index (χ3v) is 3.07. The van der Waals surface area contributed by atoms with Crippen LogP contribution in [0.15, 0.2) is 18.5 Å². The minimum absolute atomic E-state index is 0.0542. The summed E-state index contributed by atoms with van der Waals surface area (Å²) in [5, 5.41) is 9.09. The summed E-state index contributed by atoms with van der Waals surface area (Å²) in [7, 11) is 0. The topological polar surface area (TPSA) is 53.4 Å². The first-order valence-corrected chi connectivity index (χ1v) is 5.72. The summed E-state index contributed by atoms with van der Waals surface area (Å²) in [6, 6.07) is 1.39. The van der Waals surface area contributed by atoms with E-state index in [1.165, 1.54) is 12.3 Å². The number of nitrogens with zero attached hydrogens (tertiary/aromatic N) is 2. The molecule has 1 aliphatic heterocycles. The molecule has 0 aromatic carbocycles. The van der Waals surface area contributed by atoms with Crippen LogP contribution in [0.25, 0.3) is 0 Å². The van der Waals surface area contributed by atoms with Gasteiger partial charge < -0.3 is 10.0 Å². The molecule has 0 radical (unpaired) electrons. The van der Waals surface area contributed by atoms with Crippen molar-refractivity contribution in [3.63, 3.8) is 0 Å². The molecular weight excluding hydrogens is 223 g/mol. The maximum atomic E-state index is 13.4. The second kappa shape index (κ2) is 5.23. The SMILES string of the molecule is O=C(c1ccncc1F)N1CCCC(CO)C1. The van der Waals surface area contributed by atoms with Gasteiger partial charge in [-0.05, 0) is 24.8 Å². The molecule has 1 amide bonds. The second-order valence-electron chi connectivity index (χ2n) is 4.30. The summed E-state index contributed by atoms with van der Waals surface area (Å²) in [6.07, 6.45) is 4.22. The fraction of sp³-hybridized carbons (Fsp3) is 0.500. The molecular formula is C12H15FN2O2. The number of hydrogen-bond acceptors (Lipinski definition) is 3. The van der Waals surface area contributed by atoms with Gasteiger partial charge in [0, 0.05) is 25.9 Å². The lowest BCUT2D eigenvalue weighted by atomic mass is 9.98. The molecule has 1 aromatic heterocycles. The van der Waals surface area contributed by atoms with Crippen LogP contribution in [0.5, 0.6) is 0 Å². The van der Waals surface area contributed by atoms with E-state index in [0.717, 1.165) is 19.0 Å². The number of aliphatic hydroxyl groups is 1. The average molecular weight is 238 g/mol. The van der Waals surface area contributed by atoms with E-state index in [-0.39, 0.29) is 24.0 Å². The van der Waals surface area contributed by atoms with E-state index in [1.54, 1.807) is 4.90 Å². The number of carbonyl (C=O) groups excluding carboxylic acids is 1. The molecule has 1 aromatic rings. The zero-order chi connectivity index (χ0) is 12.3. The van der Waals surface area contributed by atoms with Crippen molar-refractivity contribution in [3.8, 4) is 0 Å². The molecule has 5 heteroatoms. The molecule has 1 saturated heterocycles. The van der Waals surface area contributed by atoms with Crippen LogP contribution in [0.1, 0.15) is 23.2 Å². The van der Waals surface area contributed by atoms with Crippen LogP contribution in [0.2, 0.25) is 0 Å². The minimum atomic E-state index is -0.594. The number of aromatic nitrogens is 1.